The number of rotatable bonds is 12. The topological polar surface area (TPSA) is 22.9 Å². The Labute approximate surface area is 515 Å². The molecule has 0 amide bonds. The number of hydrogen-bond acceptors (Lipinski definition) is 5. The molecule has 11 aromatic carbocycles. The molecular formula is C80H70ClN3OS. The molecule has 6 heteroatoms. The number of halogens is 1. The fraction of sp³-hybridized carbons (Fsp3) is 0.150. The third-order valence-electron chi connectivity index (χ3n) is 16.7. The molecule has 424 valence electrons. The van der Waals surface area contributed by atoms with E-state index in [2.05, 4.69) is 337 Å². The second-order valence-corrected chi connectivity index (χ2v) is 26.9. The van der Waals surface area contributed by atoms with Gasteiger partial charge in [0.1, 0.15) is 5.58 Å². The molecule has 86 heavy (non-hydrogen) atoms. The van der Waals surface area contributed by atoms with Crippen LogP contribution in [0.25, 0.3) is 65.4 Å². The van der Waals surface area contributed by atoms with Crippen LogP contribution in [0.4, 0.5) is 51.2 Å². The molecule has 0 aliphatic rings. The fourth-order valence-corrected chi connectivity index (χ4v) is 13.2. The first kappa shape index (κ1) is 56.0. The highest BCUT2D eigenvalue weighted by molar-refractivity contribution is 7.17. The molecule has 0 N–H and O–H groups in total. The highest BCUT2D eigenvalue weighted by atomic mass is 35.5. The van der Waals surface area contributed by atoms with E-state index in [0.717, 1.165) is 107 Å². The van der Waals surface area contributed by atoms with Crippen LogP contribution in [0.5, 0.6) is 0 Å². The zero-order valence-electron chi connectivity index (χ0n) is 50.4. The molecule has 13 rings (SSSR count). The van der Waals surface area contributed by atoms with Gasteiger partial charge in [-0.1, -0.05) is 250 Å². The van der Waals surface area contributed by atoms with Gasteiger partial charge in [-0.2, -0.15) is 0 Å². The van der Waals surface area contributed by atoms with E-state index in [4.69, 9.17) is 16.0 Å². The zero-order chi connectivity index (χ0) is 59.5. The van der Waals surface area contributed by atoms with Gasteiger partial charge in [0.15, 0.2) is 5.58 Å². The Morgan fingerprint density at radius 3 is 1.36 bits per heavy atom. The van der Waals surface area contributed by atoms with Crippen LogP contribution < -0.4 is 14.7 Å². The lowest BCUT2D eigenvalue weighted by Crippen LogP contribution is -2.17. The highest BCUT2D eigenvalue weighted by Gasteiger charge is 2.30. The van der Waals surface area contributed by atoms with Gasteiger partial charge in [0.05, 0.1) is 33.5 Å². The van der Waals surface area contributed by atoms with Gasteiger partial charge in [-0.25, -0.2) is 0 Å². The largest absolute Gasteiger partial charge is 0.453 e. The molecule has 0 unspecified atom stereocenters. The van der Waals surface area contributed by atoms with Crippen LogP contribution in [0.2, 0.25) is 5.02 Å². The number of thiophene rings is 1. The van der Waals surface area contributed by atoms with Gasteiger partial charge in [-0.15, -0.1) is 11.3 Å². The maximum absolute atomic E-state index is 8.53. The Balaban J connectivity index is 1.12. The number of furan rings is 1. The quantitative estimate of drug-likeness (QED) is 0.122. The van der Waals surface area contributed by atoms with E-state index in [1.54, 1.807) is 11.3 Å². The molecule has 0 spiro atoms. The summed E-state index contributed by atoms with van der Waals surface area (Å²) in [5, 5.41) is 6.08. The average molecular weight is 1160 g/mol. The zero-order valence-corrected chi connectivity index (χ0v) is 51.9. The number of anilines is 9. The fourth-order valence-electron chi connectivity index (χ4n) is 12.0. The number of para-hydroxylation sites is 3. The molecule has 13 aromatic rings. The van der Waals surface area contributed by atoms with E-state index < -0.39 is 0 Å². The summed E-state index contributed by atoms with van der Waals surface area (Å²) in [6.07, 6.45) is 0. The molecule has 0 saturated carbocycles. The van der Waals surface area contributed by atoms with Crippen LogP contribution in [-0.4, -0.2) is 0 Å². The lowest BCUT2D eigenvalue weighted by molar-refractivity contribution is 0.590. The third kappa shape index (κ3) is 10.6. The van der Waals surface area contributed by atoms with Crippen LogP contribution >= 0.6 is 22.9 Å². The van der Waals surface area contributed by atoms with Gasteiger partial charge in [0, 0.05) is 60.1 Å². The molecule has 0 saturated heterocycles. The Bertz CT molecular complexity index is 4580. The molecule has 0 radical (unpaired) electrons. The summed E-state index contributed by atoms with van der Waals surface area (Å²) in [5.74, 6) is 0. The number of hydrogen-bond donors (Lipinski definition) is 0. The Kier molecular flexibility index (Phi) is 14.6. The maximum Gasteiger partial charge on any atom is 0.159 e. The van der Waals surface area contributed by atoms with Crippen LogP contribution in [-0.2, 0) is 16.2 Å². The van der Waals surface area contributed by atoms with Crippen molar-refractivity contribution in [1.29, 1.82) is 0 Å². The lowest BCUT2D eigenvalue weighted by atomic mass is 9.86. The van der Waals surface area contributed by atoms with Gasteiger partial charge >= 0.3 is 0 Å². The van der Waals surface area contributed by atoms with Gasteiger partial charge in [0.25, 0.3) is 0 Å². The van der Waals surface area contributed by atoms with Crippen molar-refractivity contribution < 1.29 is 4.42 Å². The first-order chi connectivity index (χ1) is 41.5. The van der Waals surface area contributed by atoms with Gasteiger partial charge in [-0.05, 0) is 134 Å². The minimum atomic E-state index is -0.0751. The molecule has 4 nitrogen and oxygen atoms in total. The van der Waals surface area contributed by atoms with E-state index in [1.165, 1.54) is 26.8 Å². The molecular weight excluding hydrogens is 1090 g/mol. The van der Waals surface area contributed by atoms with E-state index in [-0.39, 0.29) is 16.2 Å². The average Bonchev–Trinajstić information content (AvgIpc) is 3.84. The monoisotopic (exact) mass is 1160 g/mol. The van der Waals surface area contributed by atoms with E-state index >= 15 is 0 Å². The molecule has 2 heterocycles. The van der Waals surface area contributed by atoms with Crippen molar-refractivity contribution in [2.75, 3.05) is 14.7 Å². The van der Waals surface area contributed by atoms with Gasteiger partial charge in [-0.3, -0.25) is 0 Å². The normalized spacial score (nSPS) is 12.1. The Morgan fingerprint density at radius 2 is 0.767 bits per heavy atom. The summed E-state index contributed by atoms with van der Waals surface area (Å²) >= 11 is 10.3. The van der Waals surface area contributed by atoms with Crippen molar-refractivity contribution in [3.8, 4) is 33.4 Å². The lowest BCUT2D eigenvalue weighted by Gasteiger charge is -2.33. The van der Waals surface area contributed by atoms with E-state index in [9.17, 15) is 0 Å². The summed E-state index contributed by atoms with van der Waals surface area (Å²) in [7, 11) is 0. The van der Waals surface area contributed by atoms with Crippen molar-refractivity contribution in [2.24, 2.45) is 0 Å². The summed E-state index contributed by atoms with van der Waals surface area (Å²) in [6, 6.07) is 92.2. The maximum atomic E-state index is 8.53. The van der Waals surface area contributed by atoms with E-state index in [0.29, 0.717) is 5.02 Å². The second-order valence-electron chi connectivity index (χ2n) is 25.6. The SMILES string of the molecule is CC(C)(C)c1ccc(N(c2cccc(N(c3cc(-c4ccccc4)cc(N(c4ccc(C(C)(C)C)cc4)c4csc5ccc(C(C)(C)C)cc45)c3Cl)c3cccc4c3oc3c(-c5ccccc5)cccc34)c2)c2ccccc2-c2ccccc2)cc1. The van der Waals surface area contributed by atoms with Crippen molar-refractivity contribution in [2.45, 2.75) is 78.6 Å². The number of fused-ring (bicyclic) bond motifs is 4. The third-order valence-corrected chi connectivity index (χ3v) is 18.0. The van der Waals surface area contributed by atoms with Crippen LogP contribution in [0, 0.1) is 0 Å². The van der Waals surface area contributed by atoms with Gasteiger partial charge < -0.3 is 19.1 Å². The molecule has 0 atom stereocenters. The first-order valence-corrected chi connectivity index (χ1v) is 31.0. The van der Waals surface area contributed by atoms with Crippen molar-refractivity contribution >= 4 is 106 Å². The van der Waals surface area contributed by atoms with Crippen LogP contribution in [0.1, 0.15) is 79.0 Å². The Hall–Kier alpha value is -9.13. The molecule has 0 aliphatic heterocycles. The standard InChI is InChI=1S/C80H70ClN3OS/c1-78(2,3)57-38-43-60(44-39-57)82(69-36-20-19-32-64(69)54-26-15-11-16-27-54)62-30-21-31-63(51-62)84(70-37-23-35-67-66-34-22-33-65(76(66)85-77(67)70)55-28-17-12-18-29-55)72-49-56(53-24-13-10-14-25-53)48-71(75(72)81)83(61-45-40-58(41-46-61)79(4,5)6)73-52-86-74-47-42-59(50-68(73)74)80(7,8)9/h10-52H,1-9H3. The summed E-state index contributed by atoms with van der Waals surface area (Å²) in [4.78, 5) is 7.12. The van der Waals surface area contributed by atoms with Gasteiger partial charge in [0.2, 0.25) is 0 Å². The molecule has 0 aliphatic carbocycles. The first-order valence-electron chi connectivity index (χ1n) is 29.7. The number of benzene rings is 11. The van der Waals surface area contributed by atoms with Crippen molar-refractivity contribution in [3.63, 3.8) is 0 Å². The predicted molar refractivity (Wildman–Crippen MR) is 371 cm³/mol. The smallest absolute Gasteiger partial charge is 0.159 e. The number of nitrogens with zero attached hydrogens (tertiary/aromatic N) is 3. The minimum absolute atomic E-state index is 0.0327. The second kappa shape index (κ2) is 22.4. The van der Waals surface area contributed by atoms with E-state index in [1.807, 2.05) is 0 Å². The predicted octanol–water partition coefficient (Wildman–Crippen LogP) is 24.8. The Morgan fingerprint density at radius 1 is 0.314 bits per heavy atom. The summed E-state index contributed by atoms with van der Waals surface area (Å²) in [5.41, 5.74) is 20.1. The molecule has 0 fully saturated rings. The summed E-state index contributed by atoms with van der Waals surface area (Å²) in [6.45, 7) is 20.5. The van der Waals surface area contributed by atoms with Crippen LogP contribution in [0.15, 0.2) is 265 Å². The highest BCUT2D eigenvalue weighted by Crippen LogP contribution is 2.54. The van der Waals surface area contributed by atoms with Crippen LogP contribution in [0.3, 0.4) is 0 Å². The van der Waals surface area contributed by atoms with Crippen molar-refractivity contribution in [3.05, 3.63) is 282 Å². The molecule has 0 bridgehead atoms. The molecule has 2 aromatic heterocycles. The van der Waals surface area contributed by atoms with Crippen molar-refractivity contribution in [1.82, 2.24) is 0 Å². The summed E-state index contributed by atoms with van der Waals surface area (Å²) < 4.78 is 8.60. The minimum Gasteiger partial charge on any atom is -0.453 e.